The van der Waals surface area contributed by atoms with Gasteiger partial charge in [-0.25, -0.2) is 0 Å². The Balaban J connectivity index is 2.28. The number of nitrogens with zero attached hydrogens (tertiary/aromatic N) is 2. The van der Waals surface area contributed by atoms with Crippen molar-refractivity contribution in [3.63, 3.8) is 0 Å². The lowest BCUT2D eigenvalue weighted by molar-refractivity contribution is -0.384. The van der Waals surface area contributed by atoms with Gasteiger partial charge in [-0.1, -0.05) is 13.3 Å². The Kier molecular flexibility index (Phi) is 3.99. The van der Waals surface area contributed by atoms with Crippen LogP contribution in [0.15, 0.2) is 18.2 Å². The van der Waals surface area contributed by atoms with Crippen molar-refractivity contribution in [2.45, 2.75) is 26.2 Å². The number of ether oxygens (including phenoxy) is 1. The SMILES string of the molecule is CCCCC(=O)N1CCOc2ccc([N+](=O)[O-])cc21. The Morgan fingerprint density at radius 2 is 2.32 bits per heavy atom. The van der Waals surface area contributed by atoms with Crippen LogP contribution in [0.4, 0.5) is 11.4 Å². The van der Waals surface area contributed by atoms with Gasteiger partial charge in [-0.2, -0.15) is 0 Å². The average Bonchev–Trinajstić information content (AvgIpc) is 2.43. The van der Waals surface area contributed by atoms with E-state index < -0.39 is 4.92 Å². The third-order valence-corrected chi connectivity index (χ3v) is 3.06. The molecule has 0 spiro atoms. The Labute approximate surface area is 111 Å². The summed E-state index contributed by atoms with van der Waals surface area (Å²) in [6.45, 7) is 2.88. The number of nitro groups is 1. The first-order valence-electron chi connectivity index (χ1n) is 6.35. The van der Waals surface area contributed by atoms with Gasteiger partial charge in [0.15, 0.2) is 0 Å². The third-order valence-electron chi connectivity index (χ3n) is 3.06. The molecule has 0 bridgehead atoms. The van der Waals surface area contributed by atoms with Gasteiger partial charge in [0.1, 0.15) is 12.4 Å². The Morgan fingerprint density at radius 1 is 1.53 bits per heavy atom. The van der Waals surface area contributed by atoms with Crippen molar-refractivity contribution in [1.82, 2.24) is 0 Å². The van der Waals surface area contributed by atoms with E-state index in [9.17, 15) is 14.9 Å². The predicted octanol–water partition coefficient (Wildman–Crippen LogP) is 2.51. The number of amides is 1. The van der Waals surface area contributed by atoms with E-state index in [-0.39, 0.29) is 11.6 Å². The second kappa shape index (κ2) is 5.69. The monoisotopic (exact) mass is 264 g/mol. The van der Waals surface area contributed by atoms with Crippen LogP contribution in [0.5, 0.6) is 5.75 Å². The van der Waals surface area contributed by atoms with Crippen LogP contribution in [-0.2, 0) is 4.79 Å². The third kappa shape index (κ3) is 2.83. The molecule has 0 aliphatic carbocycles. The van der Waals surface area contributed by atoms with Gasteiger partial charge >= 0.3 is 0 Å². The number of anilines is 1. The van der Waals surface area contributed by atoms with Gasteiger partial charge in [-0.05, 0) is 12.5 Å². The minimum absolute atomic E-state index is 0.00750. The largest absolute Gasteiger partial charge is 0.490 e. The summed E-state index contributed by atoms with van der Waals surface area (Å²) in [4.78, 5) is 24.0. The van der Waals surface area contributed by atoms with Crippen molar-refractivity contribution in [2.24, 2.45) is 0 Å². The second-order valence-corrected chi connectivity index (χ2v) is 4.41. The molecule has 0 aromatic heterocycles. The van der Waals surface area contributed by atoms with Crippen LogP contribution < -0.4 is 9.64 Å². The molecule has 1 heterocycles. The minimum atomic E-state index is -0.469. The van der Waals surface area contributed by atoms with E-state index in [1.165, 1.54) is 12.1 Å². The Hall–Kier alpha value is -2.11. The number of rotatable bonds is 4. The highest BCUT2D eigenvalue weighted by molar-refractivity contribution is 5.95. The number of hydrogen-bond donors (Lipinski definition) is 0. The number of non-ortho nitro benzene ring substituents is 1. The highest BCUT2D eigenvalue weighted by Crippen LogP contribution is 2.35. The highest BCUT2D eigenvalue weighted by Gasteiger charge is 2.25. The van der Waals surface area contributed by atoms with E-state index in [1.807, 2.05) is 6.92 Å². The second-order valence-electron chi connectivity index (χ2n) is 4.41. The van der Waals surface area contributed by atoms with Gasteiger partial charge in [0.05, 0.1) is 17.2 Å². The minimum Gasteiger partial charge on any atom is -0.490 e. The molecular weight excluding hydrogens is 248 g/mol. The molecule has 0 N–H and O–H groups in total. The van der Waals surface area contributed by atoms with Gasteiger partial charge < -0.3 is 9.64 Å². The van der Waals surface area contributed by atoms with Crippen molar-refractivity contribution in [3.8, 4) is 5.75 Å². The Bertz CT molecular complexity index is 501. The van der Waals surface area contributed by atoms with E-state index in [4.69, 9.17) is 4.74 Å². The molecule has 0 saturated carbocycles. The van der Waals surface area contributed by atoms with E-state index in [0.717, 1.165) is 12.8 Å². The van der Waals surface area contributed by atoms with Gasteiger partial charge in [0, 0.05) is 18.6 Å². The molecule has 1 aliphatic rings. The Morgan fingerprint density at radius 3 is 3.00 bits per heavy atom. The molecule has 0 atom stereocenters. The van der Waals surface area contributed by atoms with E-state index in [1.54, 1.807) is 11.0 Å². The maximum absolute atomic E-state index is 12.1. The summed E-state index contributed by atoms with van der Waals surface area (Å²) < 4.78 is 5.43. The fraction of sp³-hybridized carbons (Fsp3) is 0.462. The van der Waals surface area contributed by atoms with Crippen LogP contribution in [0.2, 0.25) is 0 Å². The van der Waals surface area contributed by atoms with Crippen molar-refractivity contribution in [1.29, 1.82) is 0 Å². The van der Waals surface area contributed by atoms with Crippen LogP contribution in [0.25, 0.3) is 0 Å². The topological polar surface area (TPSA) is 72.7 Å². The number of nitro benzene ring substituents is 1. The molecule has 0 fully saturated rings. The van der Waals surface area contributed by atoms with Crippen LogP contribution in [0.3, 0.4) is 0 Å². The predicted molar refractivity (Wildman–Crippen MR) is 70.5 cm³/mol. The molecule has 1 aliphatic heterocycles. The lowest BCUT2D eigenvalue weighted by atomic mass is 10.1. The van der Waals surface area contributed by atoms with Crippen LogP contribution in [-0.4, -0.2) is 24.0 Å². The van der Waals surface area contributed by atoms with Gasteiger partial charge in [-0.15, -0.1) is 0 Å². The van der Waals surface area contributed by atoms with Gasteiger partial charge in [0.25, 0.3) is 5.69 Å². The molecule has 0 unspecified atom stereocenters. The van der Waals surface area contributed by atoms with Crippen LogP contribution in [0.1, 0.15) is 26.2 Å². The molecule has 102 valence electrons. The highest BCUT2D eigenvalue weighted by atomic mass is 16.6. The summed E-state index contributed by atoms with van der Waals surface area (Å²) in [7, 11) is 0. The first-order chi connectivity index (χ1) is 9.13. The number of carbonyl (C=O) groups is 1. The standard InChI is InChI=1S/C13H16N2O4/c1-2-3-4-13(16)14-7-8-19-12-6-5-10(15(17)18)9-11(12)14/h5-6,9H,2-4,7-8H2,1H3. The molecule has 0 radical (unpaired) electrons. The summed E-state index contributed by atoms with van der Waals surface area (Å²) >= 11 is 0. The number of carbonyl (C=O) groups excluding carboxylic acids is 1. The molecule has 0 saturated heterocycles. The molecule has 6 heteroatoms. The summed E-state index contributed by atoms with van der Waals surface area (Å²) in [6.07, 6.45) is 2.22. The molecular formula is C13H16N2O4. The lowest BCUT2D eigenvalue weighted by Gasteiger charge is -2.29. The summed E-state index contributed by atoms with van der Waals surface area (Å²) in [5.74, 6) is 0.522. The molecule has 1 aromatic rings. The smallest absolute Gasteiger partial charge is 0.271 e. The normalized spacial score (nSPS) is 13.6. The zero-order valence-corrected chi connectivity index (χ0v) is 10.8. The number of fused-ring (bicyclic) bond motifs is 1. The summed E-state index contributed by atoms with van der Waals surface area (Å²) in [5.41, 5.74) is 0.471. The van der Waals surface area contributed by atoms with Gasteiger partial charge in [0.2, 0.25) is 5.91 Å². The lowest BCUT2D eigenvalue weighted by Crippen LogP contribution is -2.37. The average molecular weight is 264 g/mol. The van der Waals surface area contributed by atoms with Crippen molar-refractivity contribution >= 4 is 17.3 Å². The van der Waals surface area contributed by atoms with Gasteiger partial charge in [-0.3, -0.25) is 14.9 Å². The first-order valence-corrected chi connectivity index (χ1v) is 6.35. The maximum atomic E-state index is 12.1. The van der Waals surface area contributed by atoms with Crippen molar-refractivity contribution < 1.29 is 14.5 Å². The van der Waals surface area contributed by atoms with E-state index in [2.05, 4.69) is 0 Å². The van der Waals surface area contributed by atoms with E-state index >= 15 is 0 Å². The number of unbranched alkanes of at least 4 members (excludes halogenated alkanes) is 1. The molecule has 1 aromatic carbocycles. The summed E-state index contributed by atoms with van der Waals surface area (Å²) in [6, 6.07) is 4.34. The van der Waals surface area contributed by atoms with E-state index in [0.29, 0.717) is 31.0 Å². The number of hydrogen-bond acceptors (Lipinski definition) is 4. The molecule has 2 rings (SSSR count). The fourth-order valence-corrected chi connectivity index (χ4v) is 2.04. The zero-order valence-electron chi connectivity index (χ0n) is 10.8. The van der Waals surface area contributed by atoms with Crippen molar-refractivity contribution in [2.75, 3.05) is 18.1 Å². The molecule has 1 amide bonds. The molecule has 6 nitrogen and oxygen atoms in total. The number of benzene rings is 1. The first kappa shape index (κ1) is 13.3. The van der Waals surface area contributed by atoms with Crippen LogP contribution >= 0.6 is 0 Å². The van der Waals surface area contributed by atoms with Crippen LogP contribution in [0, 0.1) is 10.1 Å². The zero-order chi connectivity index (χ0) is 13.8. The van der Waals surface area contributed by atoms with Crippen molar-refractivity contribution in [3.05, 3.63) is 28.3 Å². The quantitative estimate of drug-likeness (QED) is 0.618. The maximum Gasteiger partial charge on any atom is 0.271 e. The molecule has 19 heavy (non-hydrogen) atoms. The summed E-state index contributed by atoms with van der Waals surface area (Å²) in [5, 5.41) is 10.8. The fourth-order valence-electron chi connectivity index (χ4n) is 2.04.